The fraction of sp³-hybridized carbons (Fsp3) is 0.263. The number of urea groups is 1. The minimum atomic E-state index is -0.859. The molecule has 0 aromatic heterocycles. The van der Waals surface area contributed by atoms with Crippen LogP contribution >= 0.6 is 0 Å². The van der Waals surface area contributed by atoms with Crippen molar-refractivity contribution in [2.75, 3.05) is 23.7 Å². The number of carbonyl (C=O) groups excluding carboxylic acids is 2. The van der Waals surface area contributed by atoms with Crippen LogP contribution in [-0.4, -0.2) is 29.9 Å². The molecule has 1 fully saturated rings. The van der Waals surface area contributed by atoms with E-state index >= 15 is 0 Å². The molecular formula is C19H19F2N3O2. The first-order chi connectivity index (χ1) is 12.5. The Morgan fingerprint density at radius 1 is 0.885 bits per heavy atom. The topological polar surface area (TPSA) is 61.4 Å². The lowest BCUT2D eigenvalue weighted by Gasteiger charge is -2.26. The van der Waals surface area contributed by atoms with Gasteiger partial charge in [0.15, 0.2) is 0 Å². The van der Waals surface area contributed by atoms with E-state index in [1.165, 1.54) is 0 Å². The zero-order chi connectivity index (χ0) is 18.5. The van der Waals surface area contributed by atoms with Gasteiger partial charge in [-0.25, -0.2) is 13.6 Å². The van der Waals surface area contributed by atoms with Gasteiger partial charge in [-0.05, 0) is 55.7 Å². The highest BCUT2D eigenvalue weighted by Crippen LogP contribution is 2.17. The van der Waals surface area contributed by atoms with Crippen LogP contribution in [0.4, 0.5) is 25.0 Å². The zero-order valence-electron chi connectivity index (χ0n) is 14.1. The molecule has 1 aliphatic rings. The van der Waals surface area contributed by atoms with Crippen molar-refractivity contribution < 1.29 is 18.4 Å². The van der Waals surface area contributed by atoms with Crippen molar-refractivity contribution in [1.82, 2.24) is 4.90 Å². The summed E-state index contributed by atoms with van der Waals surface area (Å²) in [6.45, 7) is 1.54. The number of nitrogens with one attached hydrogen (secondary N) is 2. The number of likely N-dealkylation sites (tertiary alicyclic amines) is 1. The van der Waals surface area contributed by atoms with Crippen molar-refractivity contribution in [3.63, 3.8) is 0 Å². The molecule has 0 spiro atoms. The third-order valence-electron chi connectivity index (χ3n) is 4.21. The predicted molar refractivity (Wildman–Crippen MR) is 95.2 cm³/mol. The molecule has 3 amide bonds. The second-order valence-corrected chi connectivity index (χ2v) is 6.13. The summed E-state index contributed by atoms with van der Waals surface area (Å²) in [7, 11) is 0. The van der Waals surface area contributed by atoms with Gasteiger partial charge in [0.1, 0.15) is 11.6 Å². The van der Waals surface area contributed by atoms with Crippen LogP contribution < -0.4 is 10.6 Å². The van der Waals surface area contributed by atoms with Crippen molar-refractivity contribution in [3.05, 3.63) is 59.7 Å². The molecule has 0 bridgehead atoms. The zero-order valence-corrected chi connectivity index (χ0v) is 14.1. The molecule has 136 valence electrons. The van der Waals surface area contributed by atoms with E-state index < -0.39 is 17.7 Å². The second kappa shape index (κ2) is 7.95. The SMILES string of the molecule is O=C(Nc1ccc(C(=O)N2CCCCC2)cc1)Nc1ccc(F)cc1F. The van der Waals surface area contributed by atoms with Crippen LogP contribution in [0.25, 0.3) is 0 Å². The fourth-order valence-electron chi connectivity index (χ4n) is 2.85. The Labute approximate surface area is 150 Å². The monoisotopic (exact) mass is 359 g/mol. The lowest BCUT2D eigenvalue weighted by molar-refractivity contribution is 0.0724. The van der Waals surface area contributed by atoms with Crippen molar-refractivity contribution in [1.29, 1.82) is 0 Å². The highest BCUT2D eigenvalue weighted by atomic mass is 19.1. The van der Waals surface area contributed by atoms with Crippen LogP contribution in [-0.2, 0) is 0 Å². The van der Waals surface area contributed by atoms with Crippen LogP contribution in [0, 0.1) is 11.6 Å². The molecule has 0 radical (unpaired) electrons. The number of anilines is 2. The number of benzene rings is 2. The lowest BCUT2D eigenvalue weighted by Crippen LogP contribution is -2.35. The van der Waals surface area contributed by atoms with Gasteiger partial charge in [0.2, 0.25) is 0 Å². The minimum Gasteiger partial charge on any atom is -0.339 e. The molecule has 0 aliphatic carbocycles. The molecule has 1 saturated heterocycles. The first-order valence-corrected chi connectivity index (χ1v) is 8.45. The van der Waals surface area contributed by atoms with Crippen LogP contribution in [0.2, 0.25) is 0 Å². The summed E-state index contributed by atoms with van der Waals surface area (Å²) in [5, 5.41) is 4.85. The lowest BCUT2D eigenvalue weighted by atomic mass is 10.1. The third kappa shape index (κ3) is 4.36. The minimum absolute atomic E-state index is 0.0194. The fourth-order valence-corrected chi connectivity index (χ4v) is 2.85. The third-order valence-corrected chi connectivity index (χ3v) is 4.21. The van der Waals surface area contributed by atoms with E-state index in [9.17, 15) is 18.4 Å². The molecule has 0 unspecified atom stereocenters. The maximum absolute atomic E-state index is 13.5. The van der Waals surface area contributed by atoms with Crippen LogP contribution in [0.3, 0.4) is 0 Å². The Bertz CT molecular complexity index is 803. The second-order valence-electron chi connectivity index (χ2n) is 6.13. The summed E-state index contributed by atoms with van der Waals surface area (Å²) < 4.78 is 26.4. The van der Waals surface area contributed by atoms with Gasteiger partial charge in [-0.15, -0.1) is 0 Å². The van der Waals surface area contributed by atoms with E-state index in [2.05, 4.69) is 10.6 Å². The summed E-state index contributed by atoms with van der Waals surface area (Å²) in [6.07, 6.45) is 3.19. The van der Waals surface area contributed by atoms with Gasteiger partial charge < -0.3 is 15.5 Å². The molecule has 2 N–H and O–H groups in total. The van der Waals surface area contributed by atoms with E-state index in [1.54, 1.807) is 24.3 Å². The van der Waals surface area contributed by atoms with Gasteiger partial charge >= 0.3 is 6.03 Å². The highest BCUT2D eigenvalue weighted by Gasteiger charge is 2.18. The van der Waals surface area contributed by atoms with Gasteiger partial charge in [0, 0.05) is 30.4 Å². The number of nitrogens with zero attached hydrogens (tertiary/aromatic N) is 1. The van der Waals surface area contributed by atoms with E-state index in [4.69, 9.17) is 0 Å². The van der Waals surface area contributed by atoms with E-state index in [0.29, 0.717) is 17.3 Å². The molecule has 0 saturated carbocycles. The van der Waals surface area contributed by atoms with E-state index in [1.807, 2.05) is 4.90 Å². The normalized spacial score (nSPS) is 14.0. The van der Waals surface area contributed by atoms with E-state index in [0.717, 1.165) is 44.5 Å². The Kier molecular flexibility index (Phi) is 5.46. The number of rotatable bonds is 3. The van der Waals surface area contributed by atoms with Gasteiger partial charge in [-0.3, -0.25) is 4.79 Å². The first-order valence-electron chi connectivity index (χ1n) is 8.45. The number of amides is 3. The van der Waals surface area contributed by atoms with Crippen LogP contribution in [0.1, 0.15) is 29.6 Å². The smallest absolute Gasteiger partial charge is 0.323 e. The summed E-state index contributed by atoms with van der Waals surface area (Å²) >= 11 is 0. The summed E-state index contributed by atoms with van der Waals surface area (Å²) in [5.74, 6) is -1.60. The Morgan fingerprint density at radius 3 is 2.23 bits per heavy atom. The van der Waals surface area contributed by atoms with Crippen molar-refractivity contribution in [2.24, 2.45) is 0 Å². The molecule has 1 heterocycles. The van der Waals surface area contributed by atoms with Gasteiger partial charge in [0.05, 0.1) is 5.69 Å². The maximum atomic E-state index is 13.5. The number of hydrogen-bond acceptors (Lipinski definition) is 2. The van der Waals surface area contributed by atoms with E-state index in [-0.39, 0.29) is 11.6 Å². The first kappa shape index (κ1) is 17.8. The Hall–Kier alpha value is -2.96. The average molecular weight is 359 g/mol. The summed E-state index contributed by atoms with van der Waals surface area (Å²) in [5.41, 5.74) is 0.892. The number of piperidine rings is 1. The standard InChI is InChI=1S/C19H19F2N3O2/c20-14-6-9-17(16(21)12-14)23-19(26)22-15-7-4-13(5-8-15)18(25)24-10-2-1-3-11-24/h4-9,12H,1-3,10-11H2,(H2,22,23,26). The highest BCUT2D eigenvalue weighted by molar-refractivity contribution is 6.00. The average Bonchev–Trinajstić information content (AvgIpc) is 2.65. The van der Waals surface area contributed by atoms with Crippen molar-refractivity contribution >= 4 is 23.3 Å². The quantitative estimate of drug-likeness (QED) is 0.861. The number of hydrogen-bond donors (Lipinski definition) is 2. The molecule has 7 heteroatoms. The van der Waals surface area contributed by atoms with Gasteiger partial charge in [0.25, 0.3) is 5.91 Å². The number of carbonyl (C=O) groups is 2. The number of halogens is 2. The molecule has 5 nitrogen and oxygen atoms in total. The van der Waals surface area contributed by atoms with Gasteiger partial charge in [-0.1, -0.05) is 0 Å². The van der Waals surface area contributed by atoms with Crippen molar-refractivity contribution in [2.45, 2.75) is 19.3 Å². The molecule has 2 aromatic carbocycles. The molecule has 0 atom stereocenters. The molecular weight excluding hydrogens is 340 g/mol. The molecule has 2 aromatic rings. The molecule has 3 rings (SSSR count). The maximum Gasteiger partial charge on any atom is 0.323 e. The largest absolute Gasteiger partial charge is 0.339 e. The van der Waals surface area contributed by atoms with Gasteiger partial charge in [-0.2, -0.15) is 0 Å². The Balaban J connectivity index is 1.59. The predicted octanol–water partition coefficient (Wildman–Crippen LogP) is 4.23. The summed E-state index contributed by atoms with van der Waals surface area (Å²) in [4.78, 5) is 26.1. The Morgan fingerprint density at radius 2 is 1.58 bits per heavy atom. The van der Waals surface area contributed by atoms with Crippen LogP contribution in [0.5, 0.6) is 0 Å². The summed E-state index contributed by atoms with van der Waals surface area (Å²) in [6, 6.07) is 8.73. The molecule has 1 aliphatic heterocycles. The van der Waals surface area contributed by atoms with Crippen LogP contribution in [0.15, 0.2) is 42.5 Å². The van der Waals surface area contributed by atoms with Crippen molar-refractivity contribution in [3.8, 4) is 0 Å². The molecule has 26 heavy (non-hydrogen) atoms.